The molecule has 0 aliphatic carbocycles. The van der Waals surface area contributed by atoms with E-state index in [2.05, 4.69) is 32.5 Å². The van der Waals surface area contributed by atoms with Crippen molar-refractivity contribution in [3.8, 4) is 0 Å². The Balaban J connectivity index is 1.64. The van der Waals surface area contributed by atoms with Crippen LogP contribution in [-0.4, -0.2) is 39.2 Å². The van der Waals surface area contributed by atoms with E-state index in [9.17, 15) is 4.79 Å². The number of nitrogen functional groups attached to an aromatic ring is 1. The molecule has 3 rings (SSSR count). The minimum atomic E-state index is -0.159. The molecular weight excluding hydrogens is 330 g/mol. The average molecular weight is 361 g/mol. The van der Waals surface area contributed by atoms with Gasteiger partial charge in [-0.1, -0.05) is 26.2 Å². The summed E-state index contributed by atoms with van der Waals surface area (Å²) in [4.78, 5) is 23.9. The summed E-state index contributed by atoms with van der Waals surface area (Å²) in [7, 11) is 0. The van der Waals surface area contributed by atoms with Crippen LogP contribution in [0.15, 0.2) is 4.79 Å². The Labute approximate surface area is 154 Å². The normalized spacial score (nSPS) is 15.6. The summed E-state index contributed by atoms with van der Waals surface area (Å²) in [6, 6.07) is 0. The van der Waals surface area contributed by atoms with Crippen LogP contribution in [0.4, 0.5) is 11.8 Å². The van der Waals surface area contributed by atoms with Gasteiger partial charge < -0.3 is 21.4 Å². The average Bonchev–Trinajstić information content (AvgIpc) is 2.96. The first-order valence-corrected chi connectivity index (χ1v) is 9.89. The van der Waals surface area contributed by atoms with Gasteiger partial charge in [-0.2, -0.15) is 9.97 Å². The molecule has 0 radical (unpaired) electrons. The third-order valence-corrected chi connectivity index (χ3v) is 5.17. The lowest BCUT2D eigenvalue weighted by Gasteiger charge is -2.22. The van der Waals surface area contributed by atoms with Crippen LogP contribution in [0.25, 0.3) is 11.2 Å². The molecule has 2 aromatic heterocycles. The second kappa shape index (κ2) is 9.02. The van der Waals surface area contributed by atoms with Crippen LogP contribution in [0.5, 0.6) is 0 Å². The number of fused-ring (bicyclic) bond motifs is 1. The van der Waals surface area contributed by atoms with E-state index in [1.807, 2.05) is 0 Å². The zero-order chi connectivity index (χ0) is 18.4. The zero-order valence-corrected chi connectivity index (χ0v) is 15.7. The number of nitrogens with two attached hydrogens (primary N) is 1. The molecule has 1 saturated heterocycles. The topological polar surface area (TPSA) is 114 Å². The van der Waals surface area contributed by atoms with Crippen LogP contribution in [-0.2, 0) is 6.54 Å². The van der Waals surface area contributed by atoms with Gasteiger partial charge in [0.1, 0.15) is 5.52 Å². The molecule has 8 nitrogen and oxygen atoms in total. The van der Waals surface area contributed by atoms with Crippen molar-refractivity contribution >= 4 is 22.9 Å². The van der Waals surface area contributed by atoms with Crippen molar-refractivity contribution in [3.63, 3.8) is 0 Å². The highest BCUT2D eigenvalue weighted by Gasteiger charge is 2.15. The summed E-state index contributed by atoms with van der Waals surface area (Å²) in [6.07, 6.45) is 8.01. The Morgan fingerprint density at radius 2 is 2.04 bits per heavy atom. The zero-order valence-electron chi connectivity index (χ0n) is 15.7. The summed E-state index contributed by atoms with van der Waals surface area (Å²) in [5.41, 5.74) is 6.99. The number of anilines is 2. The van der Waals surface area contributed by atoms with Crippen molar-refractivity contribution in [2.45, 2.75) is 58.4 Å². The molecule has 1 aliphatic heterocycles. The van der Waals surface area contributed by atoms with Gasteiger partial charge in [-0.15, -0.1) is 0 Å². The first-order chi connectivity index (χ1) is 12.7. The smallest absolute Gasteiger partial charge is 0.327 e. The van der Waals surface area contributed by atoms with E-state index in [4.69, 9.17) is 5.73 Å². The van der Waals surface area contributed by atoms with E-state index in [1.54, 1.807) is 4.57 Å². The number of imidazole rings is 1. The number of hydrogen-bond donors (Lipinski definition) is 4. The Morgan fingerprint density at radius 3 is 2.81 bits per heavy atom. The summed E-state index contributed by atoms with van der Waals surface area (Å²) in [5.74, 6) is 1.63. The lowest BCUT2D eigenvalue weighted by atomic mass is 9.92. The van der Waals surface area contributed by atoms with Gasteiger partial charge >= 0.3 is 5.69 Å². The van der Waals surface area contributed by atoms with Gasteiger partial charge in [0, 0.05) is 13.1 Å². The number of unbranched alkanes of at least 4 members (excludes halogenated alkanes) is 2. The molecule has 3 heterocycles. The van der Waals surface area contributed by atoms with Crippen LogP contribution >= 0.6 is 0 Å². The van der Waals surface area contributed by atoms with E-state index in [-0.39, 0.29) is 5.69 Å². The number of aromatic amines is 1. The Hall–Kier alpha value is -2.09. The third kappa shape index (κ3) is 4.55. The van der Waals surface area contributed by atoms with Gasteiger partial charge in [-0.3, -0.25) is 4.57 Å². The van der Waals surface area contributed by atoms with Gasteiger partial charge in [-0.25, -0.2) is 4.79 Å². The van der Waals surface area contributed by atoms with E-state index < -0.39 is 0 Å². The highest BCUT2D eigenvalue weighted by Crippen LogP contribution is 2.20. The number of piperidine rings is 1. The molecule has 26 heavy (non-hydrogen) atoms. The predicted molar refractivity (Wildman–Crippen MR) is 105 cm³/mol. The molecule has 2 aromatic rings. The van der Waals surface area contributed by atoms with Gasteiger partial charge in [0.05, 0.1) is 0 Å². The largest absolute Gasteiger partial charge is 0.382 e. The van der Waals surface area contributed by atoms with E-state index in [0.29, 0.717) is 29.5 Å². The lowest BCUT2D eigenvalue weighted by molar-refractivity contribution is 0.341. The summed E-state index contributed by atoms with van der Waals surface area (Å²) in [6.45, 7) is 5.86. The molecule has 0 unspecified atom stereocenters. The second-order valence-electron chi connectivity index (χ2n) is 7.18. The number of nitrogens with zero attached hydrogens (tertiary/aromatic N) is 3. The highest BCUT2D eigenvalue weighted by atomic mass is 16.1. The van der Waals surface area contributed by atoms with Crippen LogP contribution in [0.3, 0.4) is 0 Å². The van der Waals surface area contributed by atoms with Crippen molar-refractivity contribution in [2.24, 2.45) is 5.92 Å². The SMILES string of the molecule is CCCCNc1nc(N)c2[nH]c(=O)n(CCCCC3CCNCC3)c2n1. The standard InChI is InChI=1S/C18H31N7O/c1-2-3-9-21-17-23-15(19)14-16(24-17)25(18(26)22-14)12-5-4-6-13-7-10-20-11-8-13/h13,20H,2-12H2,1H3,(H,22,26)(H3,19,21,23,24). The van der Waals surface area contributed by atoms with Crippen molar-refractivity contribution in [2.75, 3.05) is 30.7 Å². The first kappa shape index (κ1) is 18.7. The molecule has 0 saturated carbocycles. The van der Waals surface area contributed by atoms with Crippen LogP contribution in [0, 0.1) is 5.92 Å². The third-order valence-electron chi connectivity index (χ3n) is 5.17. The van der Waals surface area contributed by atoms with E-state index >= 15 is 0 Å². The van der Waals surface area contributed by atoms with Crippen molar-refractivity contribution in [1.29, 1.82) is 0 Å². The van der Waals surface area contributed by atoms with Crippen LogP contribution in [0.2, 0.25) is 0 Å². The van der Waals surface area contributed by atoms with E-state index in [1.165, 1.54) is 19.3 Å². The second-order valence-corrected chi connectivity index (χ2v) is 7.18. The minimum Gasteiger partial charge on any atom is -0.382 e. The van der Waals surface area contributed by atoms with Crippen molar-refractivity contribution in [3.05, 3.63) is 10.5 Å². The lowest BCUT2D eigenvalue weighted by Crippen LogP contribution is -2.27. The first-order valence-electron chi connectivity index (χ1n) is 9.89. The fourth-order valence-corrected chi connectivity index (χ4v) is 3.59. The summed E-state index contributed by atoms with van der Waals surface area (Å²) >= 11 is 0. The molecule has 0 amide bonds. The maximum atomic E-state index is 12.3. The number of H-pyrrole nitrogens is 1. The molecule has 1 aliphatic rings. The Kier molecular flexibility index (Phi) is 6.49. The predicted octanol–water partition coefficient (Wildman–Crippen LogP) is 2.08. The maximum absolute atomic E-state index is 12.3. The monoisotopic (exact) mass is 361 g/mol. The molecule has 1 fully saturated rings. The molecule has 0 aromatic carbocycles. The van der Waals surface area contributed by atoms with Crippen molar-refractivity contribution in [1.82, 2.24) is 24.8 Å². The van der Waals surface area contributed by atoms with Gasteiger partial charge in [0.25, 0.3) is 0 Å². The van der Waals surface area contributed by atoms with Crippen molar-refractivity contribution < 1.29 is 0 Å². The summed E-state index contributed by atoms with van der Waals surface area (Å²) < 4.78 is 1.70. The Morgan fingerprint density at radius 1 is 1.23 bits per heavy atom. The minimum absolute atomic E-state index is 0.159. The van der Waals surface area contributed by atoms with E-state index in [0.717, 1.165) is 51.2 Å². The number of aryl methyl sites for hydroxylation is 1. The van der Waals surface area contributed by atoms with Crippen LogP contribution in [0.1, 0.15) is 51.9 Å². The number of aromatic nitrogens is 4. The quantitative estimate of drug-likeness (QED) is 0.509. The molecule has 5 N–H and O–H groups in total. The molecule has 144 valence electrons. The molecule has 8 heteroatoms. The number of nitrogens with one attached hydrogen (secondary N) is 3. The van der Waals surface area contributed by atoms with Crippen LogP contribution < -0.4 is 22.1 Å². The Bertz CT molecular complexity index is 761. The fourth-order valence-electron chi connectivity index (χ4n) is 3.59. The molecule has 0 atom stereocenters. The highest BCUT2D eigenvalue weighted by molar-refractivity contribution is 5.82. The molecular formula is C18H31N7O. The van der Waals surface area contributed by atoms with Gasteiger partial charge in [0.2, 0.25) is 5.95 Å². The maximum Gasteiger partial charge on any atom is 0.327 e. The fraction of sp³-hybridized carbons (Fsp3) is 0.722. The summed E-state index contributed by atoms with van der Waals surface area (Å²) in [5, 5.41) is 6.59. The van der Waals surface area contributed by atoms with Gasteiger partial charge in [-0.05, 0) is 44.7 Å². The van der Waals surface area contributed by atoms with Gasteiger partial charge in [0.15, 0.2) is 11.5 Å². The molecule has 0 spiro atoms. The molecule has 0 bridgehead atoms. The number of rotatable bonds is 9. The number of hydrogen-bond acceptors (Lipinski definition) is 6.